The fourth-order valence-electron chi connectivity index (χ4n) is 3.81. The molecule has 2 atom stereocenters. The van der Waals surface area contributed by atoms with Crippen LogP contribution in [0.1, 0.15) is 34.7 Å². The summed E-state index contributed by atoms with van der Waals surface area (Å²) < 4.78 is 0. The van der Waals surface area contributed by atoms with Crippen molar-refractivity contribution in [2.45, 2.75) is 25.9 Å². The molecule has 9 heteroatoms. The summed E-state index contributed by atoms with van der Waals surface area (Å²) >= 11 is 6.23. The lowest BCUT2D eigenvalue weighted by atomic mass is 10.1. The molecule has 2 aromatic heterocycles. The number of hydrogen-bond acceptors (Lipinski definition) is 6. The lowest BCUT2D eigenvalue weighted by molar-refractivity contribution is 0.101. The molecule has 0 spiro atoms. The van der Waals surface area contributed by atoms with Gasteiger partial charge in [0.2, 0.25) is 0 Å². The van der Waals surface area contributed by atoms with E-state index in [1.807, 2.05) is 6.07 Å². The molecule has 2 amide bonds. The minimum atomic E-state index is -0.391. The number of carbonyl (C=O) groups is 2. The number of nitrogens with zero attached hydrogens (tertiary/aromatic N) is 3. The minimum Gasteiger partial charge on any atom is -0.354 e. The molecule has 3 aromatic rings. The highest BCUT2D eigenvalue weighted by molar-refractivity contribution is 6.34. The monoisotopic (exact) mass is 464 g/mol. The number of benzene rings is 1. The molecule has 1 aromatic carbocycles. The van der Waals surface area contributed by atoms with E-state index < -0.39 is 5.91 Å². The maximum Gasteiger partial charge on any atom is 0.274 e. The maximum atomic E-state index is 12.7. The van der Waals surface area contributed by atoms with E-state index in [1.54, 1.807) is 48.7 Å². The number of piperazine rings is 1. The van der Waals surface area contributed by atoms with E-state index in [1.165, 1.54) is 6.20 Å². The third kappa shape index (κ3) is 5.66. The van der Waals surface area contributed by atoms with Gasteiger partial charge in [-0.15, -0.1) is 0 Å². The Kier molecular flexibility index (Phi) is 6.86. The van der Waals surface area contributed by atoms with Crippen molar-refractivity contribution in [3.63, 3.8) is 0 Å². The first-order chi connectivity index (χ1) is 15.9. The summed E-state index contributed by atoms with van der Waals surface area (Å²) in [5, 5.41) is 9.39. The first kappa shape index (κ1) is 22.7. The molecule has 33 heavy (non-hydrogen) atoms. The zero-order chi connectivity index (χ0) is 23.4. The SMILES string of the molecule is C[C@@H]1CN(c2ccc(C(=O)Nc3ccc(Cl)c(NC(=O)c4ccccn4)c3)cn2)C[C@H](C)N1. The van der Waals surface area contributed by atoms with Crippen LogP contribution in [0.4, 0.5) is 17.2 Å². The maximum absolute atomic E-state index is 12.7. The number of halogens is 1. The molecular weight excluding hydrogens is 440 g/mol. The number of aromatic nitrogens is 2. The number of nitrogens with one attached hydrogen (secondary N) is 3. The number of anilines is 3. The van der Waals surface area contributed by atoms with Gasteiger partial charge in [0.1, 0.15) is 11.5 Å². The molecule has 1 aliphatic heterocycles. The number of carbonyl (C=O) groups excluding carboxylic acids is 2. The highest BCUT2D eigenvalue weighted by Gasteiger charge is 2.22. The van der Waals surface area contributed by atoms with E-state index in [-0.39, 0.29) is 11.6 Å². The van der Waals surface area contributed by atoms with E-state index in [9.17, 15) is 9.59 Å². The smallest absolute Gasteiger partial charge is 0.274 e. The highest BCUT2D eigenvalue weighted by atomic mass is 35.5. The van der Waals surface area contributed by atoms with Crippen LogP contribution in [0.3, 0.4) is 0 Å². The Morgan fingerprint density at radius 2 is 1.79 bits per heavy atom. The van der Waals surface area contributed by atoms with Gasteiger partial charge in [0.25, 0.3) is 11.8 Å². The Morgan fingerprint density at radius 3 is 2.45 bits per heavy atom. The van der Waals surface area contributed by atoms with Crippen molar-refractivity contribution in [1.82, 2.24) is 15.3 Å². The summed E-state index contributed by atoms with van der Waals surface area (Å²) in [6.07, 6.45) is 3.11. The summed E-state index contributed by atoms with van der Waals surface area (Å²) in [4.78, 5) is 35.9. The molecule has 4 rings (SSSR count). The van der Waals surface area contributed by atoms with Crippen LogP contribution in [0.15, 0.2) is 60.9 Å². The van der Waals surface area contributed by atoms with E-state index in [0.717, 1.165) is 18.9 Å². The molecular formula is C24H25ClN6O2. The van der Waals surface area contributed by atoms with Crippen LogP contribution in [0.2, 0.25) is 5.02 Å². The molecule has 0 bridgehead atoms. The average molecular weight is 465 g/mol. The van der Waals surface area contributed by atoms with Crippen molar-refractivity contribution in [3.05, 3.63) is 77.2 Å². The third-order valence-corrected chi connectivity index (χ3v) is 5.59. The Balaban J connectivity index is 1.43. The van der Waals surface area contributed by atoms with Gasteiger partial charge in [0.15, 0.2) is 0 Å². The summed E-state index contributed by atoms with van der Waals surface area (Å²) in [5.41, 5.74) is 1.57. The number of pyridine rings is 2. The Morgan fingerprint density at radius 1 is 1.00 bits per heavy atom. The van der Waals surface area contributed by atoms with E-state index in [2.05, 4.69) is 44.7 Å². The van der Waals surface area contributed by atoms with Crippen molar-refractivity contribution >= 4 is 40.6 Å². The molecule has 8 nitrogen and oxygen atoms in total. The first-order valence-electron chi connectivity index (χ1n) is 10.7. The van der Waals surface area contributed by atoms with Crippen molar-refractivity contribution in [2.24, 2.45) is 0 Å². The standard InChI is InChI=1S/C24H25ClN6O2/c1-15-13-31(14-16(2)28-15)22-9-6-17(12-27-22)23(32)29-18-7-8-19(25)21(11-18)30-24(33)20-5-3-4-10-26-20/h3-12,15-16,28H,13-14H2,1-2H3,(H,29,32)(H,30,33)/t15-,16+. The molecule has 0 unspecified atom stereocenters. The van der Waals surface area contributed by atoms with Gasteiger partial charge in [0, 0.05) is 43.3 Å². The molecule has 0 saturated carbocycles. The van der Waals surface area contributed by atoms with Gasteiger partial charge in [0.05, 0.1) is 16.3 Å². The molecule has 3 heterocycles. The highest BCUT2D eigenvalue weighted by Crippen LogP contribution is 2.26. The van der Waals surface area contributed by atoms with Gasteiger partial charge in [-0.05, 0) is 56.3 Å². The fraction of sp³-hybridized carbons (Fsp3) is 0.250. The van der Waals surface area contributed by atoms with Gasteiger partial charge in [-0.25, -0.2) is 4.98 Å². The normalized spacial score (nSPS) is 18.0. The predicted molar refractivity (Wildman–Crippen MR) is 130 cm³/mol. The van der Waals surface area contributed by atoms with Crippen LogP contribution in [-0.4, -0.2) is 47.0 Å². The molecule has 3 N–H and O–H groups in total. The van der Waals surface area contributed by atoms with E-state index in [4.69, 9.17) is 11.6 Å². The second-order valence-corrected chi connectivity index (χ2v) is 8.50. The van der Waals surface area contributed by atoms with Gasteiger partial charge < -0.3 is 20.9 Å². The van der Waals surface area contributed by atoms with E-state index in [0.29, 0.717) is 34.0 Å². The molecule has 1 saturated heterocycles. The van der Waals surface area contributed by atoms with Crippen molar-refractivity contribution in [1.29, 1.82) is 0 Å². The fourth-order valence-corrected chi connectivity index (χ4v) is 3.97. The molecule has 0 radical (unpaired) electrons. The van der Waals surface area contributed by atoms with Crippen LogP contribution < -0.4 is 20.9 Å². The van der Waals surface area contributed by atoms with Gasteiger partial charge >= 0.3 is 0 Å². The number of amides is 2. The van der Waals surface area contributed by atoms with Crippen LogP contribution in [0.25, 0.3) is 0 Å². The van der Waals surface area contributed by atoms with Gasteiger partial charge in [-0.1, -0.05) is 17.7 Å². The van der Waals surface area contributed by atoms with E-state index >= 15 is 0 Å². The lowest BCUT2D eigenvalue weighted by Crippen LogP contribution is -2.54. The largest absolute Gasteiger partial charge is 0.354 e. The van der Waals surface area contributed by atoms with Crippen molar-refractivity contribution in [3.8, 4) is 0 Å². The second kappa shape index (κ2) is 9.97. The van der Waals surface area contributed by atoms with Gasteiger partial charge in [-0.2, -0.15) is 0 Å². The van der Waals surface area contributed by atoms with Crippen LogP contribution in [0, 0.1) is 0 Å². The number of hydrogen-bond donors (Lipinski definition) is 3. The lowest BCUT2D eigenvalue weighted by Gasteiger charge is -2.36. The zero-order valence-electron chi connectivity index (χ0n) is 18.4. The molecule has 170 valence electrons. The molecule has 0 aliphatic carbocycles. The Labute approximate surface area is 197 Å². The van der Waals surface area contributed by atoms with Gasteiger partial charge in [-0.3, -0.25) is 14.6 Å². The molecule has 1 aliphatic rings. The van der Waals surface area contributed by atoms with Crippen LogP contribution >= 0.6 is 11.6 Å². The van der Waals surface area contributed by atoms with Crippen molar-refractivity contribution in [2.75, 3.05) is 28.6 Å². The summed E-state index contributed by atoms with van der Waals surface area (Å²) in [6.45, 7) is 6.01. The Hall–Kier alpha value is -3.49. The average Bonchev–Trinajstić information content (AvgIpc) is 2.81. The predicted octanol–water partition coefficient (Wildman–Crippen LogP) is 3.82. The van der Waals surface area contributed by atoms with Crippen molar-refractivity contribution < 1.29 is 9.59 Å². The summed E-state index contributed by atoms with van der Waals surface area (Å²) in [6, 6.07) is 14.3. The Bertz CT molecular complexity index is 1130. The topological polar surface area (TPSA) is 99.3 Å². The summed E-state index contributed by atoms with van der Waals surface area (Å²) in [7, 11) is 0. The molecule has 1 fully saturated rings. The number of rotatable bonds is 5. The third-order valence-electron chi connectivity index (χ3n) is 5.26. The second-order valence-electron chi connectivity index (χ2n) is 8.10. The minimum absolute atomic E-state index is 0.266. The first-order valence-corrected chi connectivity index (χ1v) is 11.1. The summed E-state index contributed by atoms with van der Waals surface area (Å²) in [5.74, 6) is 0.149. The van der Waals surface area contributed by atoms with Crippen LogP contribution in [0.5, 0.6) is 0 Å². The zero-order valence-corrected chi connectivity index (χ0v) is 19.1. The quantitative estimate of drug-likeness (QED) is 0.531. The van der Waals surface area contributed by atoms with Crippen LogP contribution in [-0.2, 0) is 0 Å².